The summed E-state index contributed by atoms with van der Waals surface area (Å²) in [5, 5.41) is 84.7. The number of amides is 15. The number of primary amides is 1. The molecule has 1 fully saturated rings. The van der Waals surface area contributed by atoms with E-state index < -0.39 is 230 Å². The molecule has 3 aromatic heterocycles. The number of carbonyl (C=O) groups excluding carboxylic acids is 15. The van der Waals surface area contributed by atoms with Crippen LogP contribution in [0, 0.1) is 17.8 Å². The first-order valence-corrected chi connectivity index (χ1v) is 41.6. The fourth-order valence-electron chi connectivity index (χ4n) is 13.3. The summed E-state index contributed by atoms with van der Waals surface area (Å²) in [6.45, 7) is 9.07. The first kappa shape index (κ1) is 105. The third-order valence-electron chi connectivity index (χ3n) is 19.9. The summed E-state index contributed by atoms with van der Waals surface area (Å²) in [5.74, 6) is -17.4. The average Bonchev–Trinajstić information content (AvgIpc) is 1.77. The number of carboxylic acid groups (broad SMARTS) is 1. The number of aliphatic hydroxyl groups is 4. The van der Waals surface area contributed by atoms with Crippen molar-refractivity contribution in [3.05, 3.63) is 54.7 Å². The minimum atomic E-state index is -2.01. The Hall–Kier alpha value is -11.9. The summed E-state index contributed by atoms with van der Waals surface area (Å²) in [4.78, 5) is 248. The van der Waals surface area contributed by atoms with Crippen LogP contribution in [0.15, 0.2) is 42.6 Å². The van der Waals surface area contributed by atoms with Crippen molar-refractivity contribution < 1.29 is 102 Å². The smallest absolute Gasteiger partial charge is 0.326 e. The van der Waals surface area contributed by atoms with Gasteiger partial charge in [0, 0.05) is 74.4 Å². The van der Waals surface area contributed by atoms with Crippen molar-refractivity contribution in [1.82, 2.24) is 104 Å². The summed E-state index contributed by atoms with van der Waals surface area (Å²) in [6, 6.07) is -23.4. The van der Waals surface area contributed by atoms with Gasteiger partial charge in [-0.3, -0.25) is 76.9 Å². The Balaban J connectivity index is 1.57. The molecule has 1 saturated heterocycles. The number of aliphatic carboxylic acids is 1. The van der Waals surface area contributed by atoms with Gasteiger partial charge < -0.3 is 149 Å². The van der Waals surface area contributed by atoms with Gasteiger partial charge >= 0.3 is 5.97 Å². The van der Waals surface area contributed by atoms with Crippen LogP contribution in [-0.2, 0) is 96.0 Å². The van der Waals surface area contributed by atoms with Gasteiger partial charge in [0.05, 0.1) is 50.9 Å². The third-order valence-corrected chi connectivity index (χ3v) is 19.9. The van der Waals surface area contributed by atoms with Crippen molar-refractivity contribution in [2.24, 2.45) is 57.1 Å². The predicted octanol–water partition coefficient (Wildman–Crippen LogP) is -9.34. The van der Waals surface area contributed by atoms with Gasteiger partial charge in [-0.15, -0.1) is 0 Å². The number of carbonyl (C=O) groups is 16. The maximum absolute atomic E-state index is 14.8. The number of guanidine groups is 1. The van der Waals surface area contributed by atoms with Crippen LogP contribution in [-0.4, -0.2) is 304 Å². The molecule has 0 aliphatic carbocycles. The number of hydrogen-bond acceptors (Lipinski definition) is 27. The molecule has 0 spiro atoms. The molecule has 1 aliphatic heterocycles. The number of aliphatic imine (C=N–C) groups is 1. The van der Waals surface area contributed by atoms with Gasteiger partial charge in [0.2, 0.25) is 88.6 Å². The van der Waals surface area contributed by atoms with Crippen LogP contribution in [0.3, 0.4) is 0 Å². The lowest BCUT2D eigenvalue weighted by molar-refractivity contribution is -0.142. The molecule has 0 bridgehead atoms. The molecule has 33 N–H and O–H groups in total. The van der Waals surface area contributed by atoms with Crippen LogP contribution >= 0.6 is 0 Å². The molecule has 0 radical (unpaired) electrons. The highest BCUT2D eigenvalue weighted by Crippen LogP contribution is 2.21. The predicted molar refractivity (Wildman–Crippen MR) is 448 cm³/mol. The second kappa shape index (κ2) is 54.7. The summed E-state index contributed by atoms with van der Waals surface area (Å²) < 4.78 is 0. The molecule has 4 heterocycles. The van der Waals surface area contributed by atoms with Gasteiger partial charge in [0.15, 0.2) is 5.96 Å². The minimum absolute atomic E-state index is 0.0160. The van der Waals surface area contributed by atoms with Gasteiger partial charge in [-0.25, -0.2) is 19.7 Å². The molecule has 0 unspecified atom stereocenters. The number of nitrogens with zero attached hydrogens (tertiary/aromatic N) is 5. The lowest BCUT2D eigenvalue weighted by Crippen LogP contribution is -2.63. The maximum Gasteiger partial charge on any atom is 0.326 e. The van der Waals surface area contributed by atoms with Gasteiger partial charge in [-0.05, 0) is 128 Å². The zero-order valence-electron chi connectivity index (χ0n) is 71.6. The Morgan fingerprint density at radius 1 is 0.440 bits per heavy atom. The van der Waals surface area contributed by atoms with Gasteiger partial charge in [0.25, 0.3) is 0 Å². The lowest BCUT2D eigenvalue weighted by Gasteiger charge is -2.30. The molecule has 15 amide bonds. The molecule has 4 rings (SSSR count). The third kappa shape index (κ3) is 37.2. The van der Waals surface area contributed by atoms with E-state index in [9.17, 15) is 102 Å². The number of nitrogens with two attached hydrogens (primary N) is 6. The van der Waals surface area contributed by atoms with Crippen molar-refractivity contribution >= 4 is 101 Å². The Bertz CT molecular complexity index is 4000. The minimum Gasteiger partial charge on any atom is -0.480 e. The number of rotatable bonds is 59. The van der Waals surface area contributed by atoms with E-state index in [0.717, 1.165) is 6.92 Å². The van der Waals surface area contributed by atoms with Crippen LogP contribution in [0.1, 0.15) is 162 Å². The number of aromatic nitrogens is 6. The zero-order valence-corrected chi connectivity index (χ0v) is 71.6. The first-order valence-electron chi connectivity index (χ1n) is 41.6. The lowest BCUT2D eigenvalue weighted by atomic mass is 9.99. The zero-order chi connectivity index (χ0) is 93.2. The molecular weight excluding hydrogens is 1640 g/mol. The number of likely N-dealkylation sites (tertiary alicyclic amines) is 1. The molecule has 0 aromatic carbocycles. The highest BCUT2D eigenvalue weighted by atomic mass is 16.4. The Kier molecular flexibility index (Phi) is 46.2. The number of imidazole rings is 3. The first-order chi connectivity index (χ1) is 59.2. The van der Waals surface area contributed by atoms with E-state index >= 15 is 0 Å². The van der Waals surface area contributed by atoms with Gasteiger partial charge in [0.1, 0.15) is 84.6 Å². The fourth-order valence-corrected chi connectivity index (χ4v) is 13.3. The van der Waals surface area contributed by atoms with Crippen LogP contribution in [0.4, 0.5) is 0 Å². The summed E-state index contributed by atoms with van der Waals surface area (Å²) in [6.07, 6.45) is 5.48. The summed E-state index contributed by atoms with van der Waals surface area (Å²) in [5.41, 5.74) is 35.3. The topological polar surface area (TPSA) is 788 Å². The van der Waals surface area contributed by atoms with Crippen molar-refractivity contribution in [3.8, 4) is 0 Å². The largest absolute Gasteiger partial charge is 0.480 e. The van der Waals surface area contributed by atoms with Crippen LogP contribution < -0.4 is 104 Å². The number of H-pyrrole nitrogens is 3. The average molecular weight is 1770 g/mol. The van der Waals surface area contributed by atoms with E-state index in [1.54, 1.807) is 27.7 Å². The Labute approximate surface area is 722 Å². The molecular formula is C77H129N27O21. The van der Waals surface area contributed by atoms with E-state index in [0.29, 0.717) is 37.8 Å². The van der Waals surface area contributed by atoms with E-state index in [1.807, 2.05) is 13.8 Å². The van der Waals surface area contributed by atoms with Crippen molar-refractivity contribution in [3.63, 3.8) is 0 Å². The number of hydrogen-bond donors (Lipinski definition) is 27. The van der Waals surface area contributed by atoms with E-state index in [4.69, 9.17) is 34.4 Å². The summed E-state index contributed by atoms with van der Waals surface area (Å²) >= 11 is 0. The Morgan fingerprint density at radius 3 is 1.14 bits per heavy atom. The second-order valence-corrected chi connectivity index (χ2v) is 31.9. The van der Waals surface area contributed by atoms with Crippen LogP contribution in [0.2, 0.25) is 0 Å². The van der Waals surface area contributed by atoms with Crippen molar-refractivity contribution in [1.29, 1.82) is 0 Å². The number of aromatic amines is 3. The Morgan fingerprint density at radius 2 is 0.776 bits per heavy atom. The molecule has 16 atom stereocenters. The van der Waals surface area contributed by atoms with Gasteiger partial charge in [-0.2, -0.15) is 0 Å². The fraction of sp³-hybridized carbons (Fsp3) is 0.662. The SMILES string of the molecule is CC(C)C[C@H](NC(=O)[C@H](CCCCN)NC(=O)[C@H](CO)NC(=O)[C@@H]1CCCN1C(=O)[C@@H](N)CC(C)C)C(=O)N[C@@H](CCCCN)C(=O)N[C@@H](CC(C)C)C(=O)N[C@@H](CCCN=C(N)N)C(=O)N[C@H](C(=O)N[C@@H](Cc1cnc[nH]1)C(=O)N[C@@H](CO)C(=O)N[C@@H](CCC(N)=O)C(=O)N[C@@H](CO)C(=O)N[C@@H](Cc1cnc[nH]1)C(=O)N[C@@H](Cc1cnc[nH]1)C(=O)O)[C@@H](C)O. The maximum atomic E-state index is 14.8. The number of aliphatic hydroxyl groups excluding tert-OH is 4. The van der Waals surface area contributed by atoms with E-state index in [2.05, 4.69) is 104 Å². The standard InChI is InChI=1S/C77H129N27O21/c1-39(2)24-46(80)75(123)104-23-13-17-59(104)73(121)102-58(35-107)71(119)93-48(15-9-11-21-79)63(111)96-51(25-40(3)4)66(114)91-47(14-8-10-20-78)62(110)95-52(26-41(5)6)67(115)92-49(16-12-22-87-77(82)83)65(113)103-61(42(7)108)74(122)98-54(28-44-31-85-37-89-44)69(117)101-56(33-105)70(118)94-50(18-19-60(81)109)64(112)100-57(34-106)72(120)97-53(27-43-30-84-36-88-43)68(116)99-55(76(124)125)29-45-32-86-38-90-45/h30-32,36-42,46-59,61,105-108H,8-29,33-35,78-80H2,1-7H3,(H2,81,109)(H,84,88)(H,85,89)(H,86,90)(H,91,114)(H,92,115)(H,93,119)(H,94,118)(H,95,110)(H,96,111)(H,97,120)(H,98,122)(H,99,116)(H,100,112)(H,101,117)(H,102,121)(H,103,113)(H,124,125)(H4,82,83,87)/t42-,46+,47+,48+,49+,50+,51+,52+,53+,54+,55+,56+,57+,58+,59+,61+/m1/s1. The second-order valence-electron chi connectivity index (χ2n) is 31.9. The molecule has 48 nitrogen and oxygen atoms in total. The monoisotopic (exact) mass is 1770 g/mol. The molecule has 3 aromatic rings. The van der Waals surface area contributed by atoms with Crippen LogP contribution in [0.5, 0.6) is 0 Å². The van der Waals surface area contributed by atoms with Crippen molar-refractivity contribution in [2.45, 2.75) is 261 Å². The quantitative estimate of drug-likeness (QED) is 0.0142. The normalized spacial score (nSPS) is 16.2. The van der Waals surface area contributed by atoms with Gasteiger partial charge in [-0.1, -0.05) is 41.5 Å². The number of carboxylic acids is 1. The highest BCUT2D eigenvalue weighted by Gasteiger charge is 2.42. The van der Waals surface area contributed by atoms with Crippen molar-refractivity contribution in [2.75, 3.05) is 46.0 Å². The highest BCUT2D eigenvalue weighted by molar-refractivity contribution is 6.01. The summed E-state index contributed by atoms with van der Waals surface area (Å²) in [7, 11) is 0. The number of nitrogens with one attached hydrogen (secondary N) is 16. The molecule has 698 valence electrons. The molecule has 1 aliphatic rings. The molecule has 125 heavy (non-hydrogen) atoms. The molecule has 0 saturated carbocycles. The molecule has 48 heteroatoms. The van der Waals surface area contributed by atoms with E-state index in [-0.39, 0.29) is 125 Å². The van der Waals surface area contributed by atoms with E-state index in [1.165, 1.54) is 42.5 Å². The van der Waals surface area contributed by atoms with Crippen LogP contribution in [0.25, 0.3) is 0 Å². The number of unbranched alkanes of at least 4 members (excludes halogenated alkanes) is 2.